The van der Waals surface area contributed by atoms with Crippen molar-refractivity contribution in [2.75, 3.05) is 4.72 Å². The minimum atomic E-state index is -3.67. The van der Waals surface area contributed by atoms with Crippen LogP contribution in [0.4, 0.5) is 5.82 Å². The molecule has 1 aliphatic carbocycles. The molecule has 118 valence electrons. The normalized spacial score (nSPS) is 15.0. The van der Waals surface area contributed by atoms with E-state index < -0.39 is 10.0 Å². The summed E-state index contributed by atoms with van der Waals surface area (Å²) in [5, 5.41) is 4.50. The van der Waals surface area contributed by atoms with Crippen molar-refractivity contribution in [2.45, 2.75) is 30.6 Å². The average molecular weight is 328 g/mol. The van der Waals surface area contributed by atoms with Gasteiger partial charge in [-0.2, -0.15) is 9.61 Å². The highest BCUT2D eigenvalue weighted by Gasteiger charge is 2.27. The zero-order valence-corrected chi connectivity index (χ0v) is 13.4. The molecule has 0 saturated heterocycles. The van der Waals surface area contributed by atoms with Gasteiger partial charge in [0.15, 0.2) is 5.65 Å². The van der Waals surface area contributed by atoms with Crippen LogP contribution in [0.2, 0.25) is 0 Å². The Labute approximate surface area is 134 Å². The van der Waals surface area contributed by atoms with Crippen LogP contribution in [-0.2, 0) is 10.0 Å². The number of aryl methyl sites for hydroxylation is 1. The number of aromatic nitrogens is 3. The minimum Gasteiger partial charge on any atom is -0.263 e. The molecule has 0 bridgehead atoms. The van der Waals surface area contributed by atoms with Crippen LogP contribution in [0.1, 0.15) is 30.0 Å². The third-order valence-electron chi connectivity index (χ3n) is 3.99. The van der Waals surface area contributed by atoms with Crippen LogP contribution in [0.25, 0.3) is 5.65 Å². The van der Waals surface area contributed by atoms with Crippen molar-refractivity contribution in [3.05, 3.63) is 53.9 Å². The lowest BCUT2D eigenvalue weighted by Crippen LogP contribution is -2.16. The van der Waals surface area contributed by atoms with E-state index in [0.717, 1.165) is 18.5 Å². The molecule has 1 fully saturated rings. The molecule has 0 aliphatic heterocycles. The van der Waals surface area contributed by atoms with E-state index in [-0.39, 0.29) is 4.90 Å². The van der Waals surface area contributed by atoms with Crippen molar-refractivity contribution in [2.24, 2.45) is 0 Å². The van der Waals surface area contributed by atoms with Crippen molar-refractivity contribution < 1.29 is 8.42 Å². The summed E-state index contributed by atoms with van der Waals surface area (Å²) in [6.45, 7) is 1.77. The Balaban J connectivity index is 1.76. The summed E-state index contributed by atoms with van der Waals surface area (Å²) in [6.07, 6.45) is 3.85. The molecule has 0 atom stereocenters. The highest BCUT2D eigenvalue weighted by Crippen LogP contribution is 2.39. The lowest BCUT2D eigenvalue weighted by atomic mass is 10.2. The summed E-state index contributed by atoms with van der Waals surface area (Å²) in [6, 6.07) is 10.4. The number of sulfonamides is 1. The minimum absolute atomic E-state index is 0.263. The highest BCUT2D eigenvalue weighted by molar-refractivity contribution is 7.92. The summed E-state index contributed by atoms with van der Waals surface area (Å²) in [4.78, 5) is 4.52. The fourth-order valence-corrected chi connectivity index (χ4v) is 3.91. The molecule has 0 radical (unpaired) electrons. The summed E-state index contributed by atoms with van der Waals surface area (Å²) >= 11 is 0. The molecule has 0 unspecified atom stereocenters. The second-order valence-corrected chi connectivity index (χ2v) is 7.47. The van der Waals surface area contributed by atoms with E-state index in [1.165, 1.54) is 0 Å². The van der Waals surface area contributed by atoms with Gasteiger partial charge >= 0.3 is 0 Å². The third kappa shape index (κ3) is 2.57. The SMILES string of the molecule is Cc1ccccc1S(=O)(=O)Nc1ccnc2cc(C3CC3)nn12. The Hall–Kier alpha value is -2.41. The molecule has 1 N–H and O–H groups in total. The van der Waals surface area contributed by atoms with Crippen LogP contribution in [0.5, 0.6) is 0 Å². The number of nitrogens with one attached hydrogen (secondary N) is 1. The molecule has 3 aromatic rings. The van der Waals surface area contributed by atoms with Gasteiger partial charge in [0.1, 0.15) is 5.82 Å². The van der Waals surface area contributed by atoms with Gasteiger partial charge in [-0.25, -0.2) is 13.4 Å². The molecular formula is C16H16N4O2S. The van der Waals surface area contributed by atoms with Crippen LogP contribution in [0.15, 0.2) is 47.5 Å². The van der Waals surface area contributed by atoms with Crippen molar-refractivity contribution in [3.63, 3.8) is 0 Å². The van der Waals surface area contributed by atoms with E-state index in [4.69, 9.17) is 0 Å². The van der Waals surface area contributed by atoms with Gasteiger partial charge in [-0.3, -0.25) is 4.72 Å². The van der Waals surface area contributed by atoms with Gasteiger partial charge in [-0.1, -0.05) is 18.2 Å². The first kappa shape index (κ1) is 14.2. The molecule has 1 saturated carbocycles. The topological polar surface area (TPSA) is 76.4 Å². The smallest absolute Gasteiger partial charge is 0.263 e. The Morgan fingerprint density at radius 2 is 2.00 bits per heavy atom. The summed E-state index contributed by atoms with van der Waals surface area (Å²) in [5.74, 6) is 0.877. The van der Waals surface area contributed by atoms with Crippen molar-refractivity contribution in [3.8, 4) is 0 Å². The molecular weight excluding hydrogens is 312 g/mol. The van der Waals surface area contributed by atoms with Crippen LogP contribution >= 0.6 is 0 Å². The van der Waals surface area contributed by atoms with Crippen molar-refractivity contribution >= 4 is 21.5 Å². The first-order valence-corrected chi connectivity index (χ1v) is 8.96. The van der Waals surface area contributed by atoms with E-state index in [0.29, 0.717) is 22.9 Å². The van der Waals surface area contributed by atoms with Crippen molar-refractivity contribution in [1.82, 2.24) is 14.6 Å². The van der Waals surface area contributed by atoms with Crippen LogP contribution in [0.3, 0.4) is 0 Å². The zero-order chi connectivity index (χ0) is 16.0. The van der Waals surface area contributed by atoms with Gasteiger partial charge in [0, 0.05) is 18.2 Å². The second-order valence-electron chi connectivity index (χ2n) is 5.81. The third-order valence-corrected chi connectivity index (χ3v) is 5.51. The maximum absolute atomic E-state index is 12.6. The van der Waals surface area contributed by atoms with Crippen LogP contribution < -0.4 is 4.72 Å². The molecule has 0 spiro atoms. The lowest BCUT2D eigenvalue weighted by Gasteiger charge is -2.11. The Kier molecular flexibility index (Phi) is 3.12. The molecule has 1 aromatic carbocycles. The van der Waals surface area contributed by atoms with Crippen molar-refractivity contribution in [1.29, 1.82) is 0 Å². The van der Waals surface area contributed by atoms with E-state index in [1.54, 1.807) is 41.9 Å². The number of hydrogen-bond acceptors (Lipinski definition) is 4. The molecule has 7 heteroatoms. The molecule has 4 rings (SSSR count). The largest absolute Gasteiger partial charge is 0.263 e. The van der Waals surface area contributed by atoms with Crippen LogP contribution in [0, 0.1) is 6.92 Å². The summed E-state index contributed by atoms with van der Waals surface area (Å²) in [7, 11) is -3.67. The highest BCUT2D eigenvalue weighted by atomic mass is 32.2. The number of hydrogen-bond donors (Lipinski definition) is 1. The van der Waals surface area contributed by atoms with E-state index in [1.807, 2.05) is 12.1 Å². The fraction of sp³-hybridized carbons (Fsp3) is 0.250. The molecule has 1 aliphatic rings. The maximum atomic E-state index is 12.6. The van der Waals surface area contributed by atoms with E-state index in [9.17, 15) is 8.42 Å². The van der Waals surface area contributed by atoms with Crippen LogP contribution in [-0.4, -0.2) is 23.0 Å². The van der Waals surface area contributed by atoms with Gasteiger partial charge in [-0.05, 0) is 37.5 Å². The van der Waals surface area contributed by atoms with Gasteiger partial charge < -0.3 is 0 Å². The Morgan fingerprint density at radius 3 is 2.74 bits per heavy atom. The quantitative estimate of drug-likeness (QED) is 0.799. The van der Waals surface area contributed by atoms with Gasteiger partial charge in [0.25, 0.3) is 10.0 Å². The number of fused-ring (bicyclic) bond motifs is 1. The predicted octanol–water partition coefficient (Wildman–Crippen LogP) is 2.72. The number of anilines is 1. The number of rotatable bonds is 4. The lowest BCUT2D eigenvalue weighted by molar-refractivity contribution is 0.600. The molecule has 6 nitrogen and oxygen atoms in total. The molecule has 2 heterocycles. The fourth-order valence-electron chi connectivity index (χ4n) is 2.62. The standard InChI is InChI=1S/C16H16N4O2S/c1-11-4-2-3-5-14(11)23(21,22)19-15-8-9-17-16-10-13(12-6-7-12)18-20(15)16/h2-5,8-10,12,19H,6-7H2,1H3. The summed E-state index contributed by atoms with van der Waals surface area (Å²) in [5.41, 5.74) is 2.32. The molecule has 2 aromatic heterocycles. The Bertz CT molecular complexity index is 990. The predicted molar refractivity (Wildman–Crippen MR) is 86.9 cm³/mol. The monoisotopic (exact) mass is 328 g/mol. The summed E-state index contributed by atoms with van der Waals surface area (Å²) < 4.78 is 29.5. The number of nitrogens with zero attached hydrogens (tertiary/aromatic N) is 3. The second kappa shape index (κ2) is 5.06. The first-order chi connectivity index (χ1) is 11.0. The van der Waals surface area contributed by atoms with Gasteiger partial charge in [-0.15, -0.1) is 0 Å². The van der Waals surface area contributed by atoms with E-state index >= 15 is 0 Å². The Morgan fingerprint density at radius 1 is 1.22 bits per heavy atom. The van der Waals surface area contributed by atoms with E-state index in [2.05, 4.69) is 14.8 Å². The van der Waals surface area contributed by atoms with Gasteiger partial charge in [0.05, 0.1) is 10.6 Å². The molecule has 23 heavy (non-hydrogen) atoms. The average Bonchev–Trinajstić information content (AvgIpc) is 3.27. The first-order valence-electron chi connectivity index (χ1n) is 7.48. The maximum Gasteiger partial charge on any atom is 0.263 e. The van der Waals surface area contributed by atoms with Gasteiger partial charge in [0.2, 0.25) is 0 Å². The zero-order valence-electron chi connectivity index (χ0n) is 12.6. The molecule has 0 amide bonds. The number of benzene rings is 1.